The van der Waals surface area contributed by atoms with Gasteiger partial charge in [-0.05, 0) is 37.7 Å². The molecule has 1 aromatic carbocycles. The number of fused-ring (bicyclic) bond motifs is 3. The number of H-pyrrole nitrogens is 1. The Bertz CT molecular complexity index is 1270. The first-order valence-corrected chi connectivity index (χ1v) is 12.6. The number of ether oxygens (including phenoxy) is 1. The van der Waals surface area contributed by atoms with Crippen LogP contribution in [0.1, 0.15) is 59.3 Å². The van der Waals surface area contributed by atoms with Crippen LogP contribution in [0, 0.1) is 23.1 Å². The largest absolute Gasteiger partial charge is 0.362 e. The van der Waals surface area contributed by atoms with E-state index in [9.17, 15) is 14.9 Å². The maximum Gasteiger partial charge on any atom is 0.240 e. The Balaban J connectivity index is 1.45. The van der Waals surface area contributed by atoms with Gasteiger partial charge >= 0.3 is 0 Å². The molecule has 9 nitrogen and oxygen atoms in total. The van der Waals surface area contributed by atoms with Gasteiger partial charge in [-0.15, -0.1) is 0 Å². The van der Waals surface area contributed by atoms with Crippen molar-refractivity contribution < 1.29 is 18.7 Å². The van der Waals surface area contributed by atoms with Crippen molar-refractivity contribution in [3.05, 3.63) is 35.2 Å². The third-order valence-electron chi connectivity index (χ3n) is 7.20. The lowest BCUT2D eigenvalue weighted by Gasteiger charge is -2.33. The van der Waals surface area contributed by atoms with Gasteiger partial charge in [-0.1, -0.05) is 10.7 Å². The number of methoxy groups -OCH3 is 1. The summed E-state index contributed by atoms with van der Waals surface area (Å²) in [7, 11) is 0.873. The highest BCUT2D eigenvalue weighted by molar-refractivity contribution is 8.14. The van der Waals surface area contributed by atoms with Crippen LogP contribution in [0.15, 0.2) is 17.3 Å². The number of Topliss-reactive ketones (excluding diaryl/α,β-unsaturated/α-hetero) is 2. The van der Waals surface area contributed by atoms with Crippen LogP contribution in [0.3, 0.4) is 0 Å². The van der Waals surface area contributed by atoms with Crippen molar-refractivity contribution in [3.63, 3.8) is 0 Å². The Labute approximate surface area is 197 Å². The van der Waals surface area contributed by atoms with Crippen molar-refractivity contribution in [2.24, 2.45) is 5.92 Å². The molecule has 0 radical (unpaired) electrons. The maximum absolute atomic E-state index is 15.8. The van der Waals surface area contributed by atoms with Gasteiger partial charge in [-0.3, -0.25) is 19.0 Å². The van der Waals surface area contributed by atoms with E-state index in [-0.39, 0.29) is 17.4 Å². The van der Waals surface area contributed by atoms with Crippen LogP contribution in [0.4, 0.5) is 10.1 Å². The number of nitrogens with zero attached hydrogens (tertiary/aromatic N) is 4. The molecular formula is C23H23FN6O3S. The highest BCUT2D eigenvalue weighted by Crippen LogP contribution is 2.59. The molecule has 3 aliphatic heterocycles. The Kier molecular flexibility index (Phi) is 5.13. The van der Waals surface area contributed by atoms with Gasteiger partial charge in [0.1, 0.15) is 23.0 Å². The van der Waals surface area contributed by atoms with E-state index in [4.69, 9.17) is 4.74 Å². The zero-order valence-corrected chi connectivity index (χ0v) is 19.3. The zero-order valence-electron chi connectivity index (χ0n) is 18.5. The van der Waals surface area contributed by atoms with Crippen LogP contribution in [-0.4, -0.2) is 62.3 Å². The Morgan fingerprint density at radius 1 is 1.26 bits per heavy atom. The van der Waals surface area contributed by atoms with Crippen molar-refractivity contribution in [1.29, 1.82) is 5.26 Å². The summed E-state index contributed by atoms with van der Waals surface area (Å²) in [5.41, 5.74) is 1.13. The lowest BCUT2D eigenvalue weighted by Crippen LogP contribution is -2.40. The number of benzene rings is 1. The molecule has 4 aliphatic rings. The highest BCUT2D eigenvalue weighted by atomic mass is 32.2. The molecular weight excluding hydrogens is 459 g/mol. The first kappa shape index (κ1) is 21.6. The minimum atomic E-state index is -1.26. The number of aromatic nitrogens is 3. The summed E-state index contributed by atoms with van der Waals surface area (Å²) in [6, 6.07) is 1.78. The van der Waals surface area contributed by atoms with E-state index in [0.717, 1.165) is 49.6 Å². The van der Waals surface area contributed by atoms with Gasteiger partial charge in [0.05, 0.1) is 22.2 Å². The summed E-state index contributed by atoms with van der Waals surface area (Å²) in [4.78, 5) is 29.9. The number of nitriles is 1. The molecule has 0 bridgehead atoms. The van der Waals surface area contributed by atoms with Crippen LogP contribution in [0.5, 0.6) is 0 Å². The topological polar surface area (TPSA) is 124 Å². The number of carbonyl (C=O) groups excluding carboxylic acids is 2. The Hall–Kier alpha value is -2.94. The van der Waals surface area contributed by atoms with E-state index in [1.807, 2.05) is 6.07 Å². The second-order valence-electron chi connectivity index (χ2n) is 9.12. The average Bonchev–Trinajstić information content (AvgIpc) is 3.41. The van der Waals surface area contributed by atoms with Crippen LogP contribution >= 0.6 is 10.7 Å². The molecule has 6 rings (SSSR count). The number of hydrogen-bond donors (Lipinski definition) is 2. The monoisotopic (exact) mass is 482 g/mol. The molecule has 34 heavy (non-hydrogen) atoms. The van der Waals surface area contributed by atoms with E-state index in [2.05, 4.69) is 24.8 Å². The number of carbonyl (C=O) groups is 2. The summed E-state index contributed by atoms with van der Waals surface area (Å²) in [6.07, 6.45) is 5.20. The summed E-state index contributed by atoms with van der Waals surface area (Å²) in [5, 5.41) is 20.1. The summed E-state index contributed by atoms with van der Waals surface area (Å²) in [6.45, 7) is 1.47. The minimum absolute atomic E-state index is 0.0170. The fraction of sp³-hybridized carbons (Fsp3) is 0.478. The standard InChI is InChI=1S/C23H23FN6O3S/c1-33-23-16(11-2-3-11)17-18-13(19(31)20(32)15(9-25)28-18)8-14(24)21(17)34(23)30-6-4-12(5-7-30)22-26-10-27-29-22/h8,10-12,15-16,28H,2-7H2,1H3,(H,26,27,29). The SMILES string of the molecule is COC1=S(N2CCC(c3ncn[nH]3)CC2)c2c(F)cc3c(c2C1C1CC1)NC(C#N)C(=O)C3=O. The molecule has 2 N–H and O–H groups in total. The normalized spacial score (nSPS) is 27.3. The Morgan fingerprint density at radius 3 is 2.65 bits per heavy atom. The number of halogens is 1. The predicted octanol–water partition coefficient (Wildman–Crippen LogP) is 2.72. The molecule has 176 valence electrons. The van der Waals surface area contributed by atoms with E-state index in [1.165, 1.54) is 12.4 Å². The fourth-order valence-corrected chi connectivity index (χ4v) is 8.11. The van der Waals surface area contributed by atoms with Gasteiger partial charge in [0.25, 0.3) is 0 Å². The highest BCUT2D eigenvalue weighted by Gasteiger charge is 2.49. The third-order valence-corrected chi connectivity index (χ3v) is 9.68. The van der Waals surface area contributed by atoms with Gasteiger partial charge in [0.2, 0.25) is 11.6 Å². The smallest absolute Gasteiger partial charge is 0.240 e. The molecule has 11 heteroatoms. The molecule has 3 atom stereocenters. The molecule has 2 fully saturated rings. The zero-order chi connectivity index (χ0) is 23.6. The number of nitrogens with one attached hydrogen (secondary N) is 2. The van der Waals surface area contributed by atoms with Gasteiger partial charge in [0, 0.05) is 37.6 Å². The van der Waals surface area contributed by atoms with E-state index in [0.29, 0.717) is 22.1 Å². The van der Waals surface area contributed by atoms with E-state index < -0.39 is 34.1 Å². The summed E-state index contributed by atoms with van der Waals surface area (Å²) < 4.78 is 24.0. The molecule has 1 saturated carbocycles. The first-order valence-electron chi connectivity index (χ1n) is 11.4. The predicted molar refractivity (Wildman–Crippen MR) is 122 cm³/mol. The Morgan fingerprint density at radius 2 is 2.03 bits per heavy atom. The molecule has 2 aromatic rings. The van der Waals surface area contributed by atoms with Crippen molar-refractivity contribution in [1.82, 2.24) is 19.5 Å². The number of hydrogen-bond acceptors (Lipinski definition) is 8. The van der Waals surface area contributed by atoms with Crippen LogP contribution in [0.2, 0.25) is 0 Å². The van der Waals surface area contributed by atoms with Gasteiger partial charge in [-0.2, -0.15) is 10.4 Å². The quantitative estimate of drug-likeness (QED) is 0.506. The lowest BCUT2D eigenvalue weighted by molar-refractivity contribution is -0.115. The van der Waals surface area contributed by atoms with Gasteiger partial charge in [0.15, 0.2) is 6.04 Å². The summed E-state index contributed by atoms with van der Waals surface area (Å²) >= 11 is 0. The van der Waals surface area contributed by atoms with Gasteiger partial charge in [-0.25, -0.2) is 9.37 Å². The average molecular weight is 483 g/mol. The number of ketones is 2. The molecule has 1 saturated heterocycles. The van der Waals surface area contributed by atoms with Crippen LogP contribution in [0.25, 0.3) is 0 Å². The molecule has 3 unspecified atom stereocenters. The molecule has 1 aliphatic carbocycles. The fourth-order valence-electron chi connectivity index (χ4n) is 5.43. The molecule has 1 aromatic heterocycles. The van der Waals surface area contributed by atoms with Gasteiger partial charge < -0.3 is 10.1 Å². The van der Waals surface area contributed by atoms with Crippen molar-refractivity contribution >= 4 is 33.0 Å². The van der Waals surface area contributed by atoms with Crippen molar-refractivity contribution in [3.8, 4) is 6.07 Å². The maximum atomic E-state index is 15.8. The second kappa shape index (κ2) is 8.08. The molecule has 0 spiro atoms. The van der Waals surface area contributed by atoms with E-state index in [1.54, 1.807) is 7.11 Å². The second-order valence-corrected chi connectivity index (χ2v) is 11.0. The van der Waals surface area contributed by atoms with Crippen LogP contribution < -0.4 is 5.32 Å². The lowest BCUT2D eigenvalue weighted by atomic mass is 9.86. The van der Waals surface area contributed by atoms with E-state index >= 15 is 4.39 Å². The van der Waals surface area contributed by atoms with Crippen LogP contribution in [-0.2, 0) is 9.53 Å². The number of anilines is 1. The minimum Gasteiger partial charge on any atom is -0.362 e. The summed E-state index contributed by atoms with van der Waals surface area (Å²) in [5.74, 6) is -0.895. The number of rotatable bonds is 3. The molecule has 4 heterocycles. The third kappa shape index (κ3) is 3.16. The number of piperidine rings is 1. The van der Waals surface area contributed by atoms with Crippen molar-refractivity contribution in [2.75, 3.05) is 25.5 Å². The number of aromatic amines is 1. The van der Waals surface area contributed by atoms with Crippen molar-refractivity contribution in [2.45, 2.75) is 48.5 Å². The molecule has 0 amide bonds. The first-order chi connectivity index (χ1) is 16.5.